The molecule has 1 amide bonds. The number of carbonyl (C=O) groups excluding carboxylic acids is 1. The minimum absolute atomic E-state index is 0.0605. The summed E-state index contributed by atoms with van der Waals surface area (Å²) >= 11 is 4.69. The maximum Gasteiger partial charge on any atom is 0.230 e. The standard InChI is InChI=1S/C29H28N6OS/c1-18-24(33-19(2)36)11-7-12-25(18)34-29-32-17-31-28(35-29)26-16-20(14-15-30-26)21-8-3-4-9-22(21)23-10-5-6-13-27(23)37/h3-14,17,26,30,37H,15-16H2,1-2H3,(H,33,36)(H,31,32,34,35). The van der Waals surface area contributed by atoms with Crippen LogP contribution in [0, 0.1) is 6.92 Å². The maximum absolute atomic E-state index is 11.5. The number of hydrogen-bond acceptors (Lipinski definition) is 7. The summed E-state index contributed by atoms with van der Waals surface area (Å²) in [6.45, 7) is 4.15. The first kappa shape index (κ1) is 24.7. The molecule has 2 heterocycles. The predicted octanol–water partition coefficient (Wildman–Crippen LogP) is 5.96. The molecule has 3 aromatic carbocycles. The van der Waals surface area contributed by atoms with Crippen LogP contribution in [0.25, 0.3) is 16.7 Å². The molecule has 1 aliphatic rings. The van der Waals surface area contributed by atoms with E-state index in [0.29, 0.717) is 18.3 Å². The van der Waals surface area contributed by atoms with Crippen molar-refractivity contribution in [2.24, 2.45) is 0 Å². The fourth-order valence-electron chi connectivity index (χ4n) is 4.56. The van der Waals surface area contributed by atoms with Crippen molar-refractivity contribution in [2.45, 2.75) is 31.2 Å². The second-order valence-corrected chi connectivity index (χ2v) is 9.39. The summed E-state index contributed by atoms with van der Waals surface area (Å²) in [4.78, 5) is 26.0. The zero-order chi connectivity index (χ0) is 25.8. The molecule has 4 aromatic rings. The van der Waals surface area contributed by atoms with Crippen molar-refractivity contribution in [3.05, 3.63) is 96.1 Å². The molecule has 1 aliphatic heterocycles. The van der Waals surface area contributed by atoms with Crippen LogP contribution in [-0.2, 0) is 4.79 Å². The second-order valence-electron chi connectivity index (χ2n) is 8.91. The minimum Gasteiger partial charge on any atom is -0.326 e. The van der Waals surface area contributed by atoms with Gasteiger partial charge in [0, 0.05) is 29.7 Å². The van der Waals surface area contributed by atoms with Gasteiger partial charge in [-0.25, -0.2) is 9.97 Å². The molecule has 0 saturated heterocycles. The van der Waals surface area contributed by atoms with Crippen molar-refractivity contribution in [2.75, 3.05) is 17.2 Å². The Balaban J connectivity index is 1.39. The normalized spacial score (nSPS) is 15.1. The van der Waals surface area contributed by atoms with E-state index in [1.165, 1.54) is 24.4 Å². The number of nitrogens with one attached hydrogen (secondary N) is 3. The third-order valence-electron chi connectivity index (χ3n) is 6.40. The Morgan fingerprint density at radius 2 is 1.68 bits per heavy atom. The highest BCUT2D eigenvalue weighted by molar-refractivity contribution is 7.80. The SMILES string of the molecule is CC(=O)Nc1cccc(Nc2ncnc(C3CC(c4ccccc4-c4ccccc4S)=CCN3)n2)c1C. The molecular weight excluding hydrogens is 480 g/mol. The van der Waals surface area contributed by atoms with Crippen LogP contribution in [0.1, 0.15) is 36.3 Å². The molecule has 37 heavy (non-hydrogen) atoms. The number of nitrogens with zero attached hydrogens (tertiary/aromatic N) is 3. The van der Waals surface area contributed by atoms with Crippen LogP contribution in [0.4, 0.5) is 17.3 Å². The number of benzene rings is 3. The average Bonchev–Trinajstić information content (AvgIpc) is 2.91. The number of hydrogen-bond donors (Lipinski definition) is 4. The Hall–Kier alpha value is -4.01. The number of carbonyl (C=O) groups is 1. The van der Waals surface area contributed by atoms with Gasteiger partial charge < -0.3 is 16.0 Å². The van der Waals surface area contributed by atoms with Gasteiger partial charge in [0.2, 0.25) is 11.9 Å². The van der Waals surface area contributed by atoms with Crippen molar-refractivity contribution in [1.82, 2.24) is 20.3 Å². The first-order valence-corrected chi connectivity index (χ1v) is 12.6. The van der Waals surface area contributed by atoms with Gasteiger partial charge in [0.25, 0.3) is 0 Å². The van der Waals surface area contributed by atoms with E-state index in [9.17, 15) is 4.79 Å². The lowest BCUT2D eigenvalue weighted by atomic mass is 9.89. The molecule has 0 spiro atoms. The van der Waals surface area contributed by atoms with Gasteiger partial charge in [-0.1, -0.05) is 54.6 Å². The second kappa shape index (κ2) is 10.9. The summed E-state index contributed by atoms with van der Waals surface area (Å²) in [6, 6.07) is 22.2. The minimum atomic E-state index is -0.116. The molecule has 0 radical (unpaired) electrons. The van der Waals surface area contributed by atoms with E-state index in [1.54, 1.807) is 0 Å². The highest BCUT2D eigenvalue weighted by Crippen LogP contribution is 2.37. The summed E-state index contributed by atoms with van der Waals surface area (Å²) in [5.41, 5.74) is 7.17. The molecule has 0 fully saturated rings. The van der Waals surface area contributed by atoms with E-state index in [1.807, 2.05) is 43.3 Å². The molecule has 5 rings (SSSR count). The molecule has 0 saturated carbocycles. The van der Waals surface area contributed by atoms with E-state index in [2.05, 4.69) is 62.3 Å². The zero-order valence-electron chi connectivity index (χ0n) is 20.7. The largest absolute Gasteiger partial charge is 0.326 e. The molecule has 7 nitrogen and oxygen atoms in total. The Bertz CT molecular complexity index is 1480. The van der Waals surface area contributed by atoms with Crippen molar-refractivity contribution >= 4 is 41.4 Å². The van der Waals surface area contributed by atoms with E-state index >= 15 is 0 Å². The monoisotopic (exact) mass is 508 g/mol. The number of aromatic nitrogens is 3. The number of anilines is 3. The Morgan fingerprint density at radius 3 is 2.46 bits per heavy atom. The van der Waals surface area contributed by atoms with Gasteiger partial charge in [-0.3, -0.25) is 4.79 Å². The first-order chi connectivity index (χ1) is 18.0. The molecule has 1 aromatic heterocycles. The lowest BCUT2D eigenvalue weighted by Gasteiger charge is -2.25. The van der Waals surface area contributed by atoms with Crippen molar-refractivity contribution in [3.8, 4) is 11.1 Å². The molecule has 186 valence electrons. The molecule has 1 atom stereocenters. The fourth-order valence-corrected chi connectivity index (χ4v) is 4.84. The fraction of sp³-hybridized carbons (Fsp3) is 0.172. The van der Waals surface area contributed by atoms with Crippen molar-refractivity contribution in [1.29, 1.82) is 0 Å². The number of amides is 1. The Labute approximate surface area is 221 Å². The third kappa shape index (κ3) is 5.55. The van der Waals surface area contributed by atoms with Crippen molar-refractivity contribution in [3.63, 3.8) is 0 Å². The van der Waals surface area contributed by atoms with Crippen LogP contribution < -0.4 is 16.0 Å². The van der Waals surface area contributed by atoms with Crippen molar-refractivity contribution < 1.29 is 4.79 Å². The molecule has 3 N–H and O–H groups in total. The Morgan fingerprint density at radius 1 is 0.946 bits per heavy atom. The number of rotatable bonds is 6. The Kier molecular flexibility index (Phi) is 7.30. The lowest BCUT2D eigenvalue weighted by molar-refractivity contribution is -0.114. The van der Waals surface area contributed by atoms with Gasteiger partial charge in [0.1, 0.15) is 6.33 Å². The lowest BCUT2D eigenvalue weighted by Crippen LogP contribution is -2.27. The summed E-state index contributed by atoms with van der Waals surface area (Å²) in [6.07, 6.45) is 4.50. The average molecular weight is 509 g/mol. The van der Waals surface area contributed by atoms with Crippen LogP contribution in [0.2, 0.25) is 0 Å². The number of thiol groups is 1. The predicted molar refractivity (Wildman–Crippen MR) is 151 cm³/mol. The van der Waals surface area contributed by atoms with E-state index in [0.717, 1.165) is 39.4 Å². The van der Waals surface area contributed by atoms with Gasteiger partial charge in [0.15, 0.2) is 5.82 Å². The summed E-state index contributed by atoms with van der Waals surface area (Å²) < 4.78 is 0. The molecule has 0 aliphatic carbocycles. The maximum atomic E-state index is 11.5. The quantitative estimate of drug-likeness (QED) is 0.240. The summed E-state index contributed by atoms with van der Waals surface area (Å²) in [7, 11) is 0. The van der Waals surface area contributed by atoms with E-state index < -0.39 is 0 Å². The van der Waals surface area contributed by atoms with Gasteiger partial charge in [-0.05, 0) is 59.4 Å². The summed E-state index contributed by atoms with van der Waals surface area (Å²) in [5.74, 6) is 1.01. The van der Waals surface area contributed by atoms with Crippen LogP contribution in [-0.4, -0.2) is 27.4 Å². The molecular formula is C29H28N6OS. The third-order valence-corrected chi connectivity index (χ3v) is 6.79. The molecule has 1 unspecified atom stereocenters. The molecule has 8 heteroatoms. The summed E-state index contributed by atoms with van der Waals surface area (Å²) in [5, 5.41) is 9.65. The van der Waals surface area contributed by atoms with E-state index in [-0.39, 0.29) is 11.9 Å². The highest BCUT2D eigenvalue weighted by Gasteiger charge is 2.23. The topological polar surface area (TPSA) is 91.8 Å². The van der Waals surface area contributed by atoms with Gasteiger partial charge in [0.05, 0.1) is 6.04 Å². The zero-order valence-corrected chi connectivity index (χ0v) is 21.6. The van der Waals surface area contributed by atoms with E-state index in [4.69, 9.17) is 17.6 Å². The highest BCUT2D eigenvalue weighted by atomic mass is 32.1. The van der Waals surface area contributed by atoms with Gasteiger partial charge in [-0.2, -0.15) is 4.98 Å². The van der Waals surface area contributed by atoms with Crippen LogP contribution in [0.15, 0.2) is 84.0 Å². The van der Waals surface area contributed by atoms with Gasteiger partial charge in [-0.15, -0.1) is 12.6 Å². The first-order valence-electron chi connectivity index (χ1n) is 12.1. The van der Waals surface area contributed by atoms with Gasteiger partial charge >= 0.3 is 0 Å². The smallest absolute Gasteiger partial charge is 0.230 e. The molecule has 0 bridgehead atoms. The van der Waals surface area contributed by atoms with Crippen LogP contribution in [0.5, 0.6) is 0 Å². The van der Waals surface area contributed by atoms with Crippen LogP contribution in [0.3, 0.4) is 0 Å². The van der Waals surface area contributed by atoms with Crippen LogP contribution >= 0.6 is 12.6 Å².